The molecule has 3 aromatic rings. The van der Waals surface area contributed by atoms with E-state index in [1.54, 1.807) is 54.4 Å². The lowest BCUT2D eigenvalue weighted by atomic mass is 10.1. The van der Waals surface area contributed by atoms with Crippen LogP contribution >= 0.6 is 11.6 Å². The Morgan fingerprint density at radius 1 is 0.973 bits per heavy atom. The Morgan fingerprint density at radius 2 is 1.62 bits per heavy atom. The van der Waals surface area contributed by atoms with E-state index in [4.69, 9.17) is 16.3 Å². The van der Waals surface area contributed by atoms with Gasteiger partial charge in [0.1, 0.15) is 5.75 Å². The average molecular weight is 535 g/mol. The second kappa shape index (κ2) is 12.5. The lowest BCUT2D eigenvalue weighted by Gasteiger charge is -2.24. The van der Waals surface area contributed by atoms with Gasteiger partial charge < -0.3 is 19.7 Å². The van der Waals surface area contributed by atoms with Crippen molar-refractivity contribution in [3.05, 3.63) is 94.0 Å². The summed E-state index contributed by atoms with van der Waals surface area (Å²) in [6.45, 7) is 0.252. The summed E-state index contributed by atoms with van der Waals surface area (Å²) >= 11 is 6.15. The molecule has 0 radical (unpaired) electrons. The summed E-state index contributed by atoms with van der Waals surface area (Å²) in [7, 11) is 2.96. The van der Waals surface area contributed by atoms with Crippen molar-refractivity contribution < 1.29 is 32.2 Å². The quantitative estimate of drug-likeness (QED) is 0.331. The molecule has 0 fully saturated rings. The molecule has 3 rings (SSSR count). The van der Waals surface area contributed by atoms with Gasteiger partial charge in [-0.3, -0.25) is 4.79 Å². The first-order chi connectivity index (χ1) is 17.6. The number of esters is 1. The summed E-state index contributed by atoms with van der Waals surface area (Å²) in [5.74, 6) is -0.333. The van der Waals surface area contributed by atoms with E-state index in [1.165, 1.54) is 19.2 Å². The number of rotatable bonds is 10. The molecule has 196 valence electrons. The van der Waals surface area contributed by atoms with E-state index < -0.39 is 17.7 Å². The van der Waals surface area contributed by atoms with Crippen LogP contribution in [0.4, 0.5) is 18.9 Å². The number of nitrogens with zero attached hydrogens (tertiary/aromatic N) is 1. The molecule has 0 bridgehead atoms. The van der Waals surface area contributed by atoms with Crippen molar-refractivity contribution in [2.45, 2.75) is 19.1 Å². The topological polar surface area (TPSA) is 67.9 Å². The molecule has 0 aliphatic heterocycles. The van der Waals surface area contributed by atoms with E-state index in [9.17, 15) is 22.8 Å². The third-order valence-corrected chi connectivity index (χ3v) is 5.84. The number of nitrogens with one attached hydrogen (secondary N) is 1. The van der Waals surface area contributed by atoms with Gasteiger partial charge in [-0.05, 0) is 60.0 Å². The number of halogens is 4. The number of hydrogen-bond acceptors (Lipinski definition) is 5. The molecule has 0 aliphatic carbocycles. The molecule has 3 aromatic carbocycles. The van der Waals surface area contributed by atoms with Gasteiger partial charge in [0.2, 0.25) is 0 Å². The molecule has 0 unspecified atom stereocenters. The molecule has 0 spiro atoms. The highest BCUT2D eigenvalue weighted by molar-refractivity contribution is 6.31. The van der Waals surface area contributed by atoms with Crippen LogP contribution in [0, 0.1) is 0 Å². The van der Waals surface area contributed by atoms with Gasteiger partial charge in [0.15, 0.2) is 6.61 Å². The number of ether oxygens (including phenoxy) is 2. The molecular weight excluding hydrogens is 509 g/mol. The van der Waals surface area contributed by atoms with Gasteiger partial charge in [0.25, 0.3) is 5.91 Å². The zero-order chi connectivity index (χ0) is 27.0. The van der Waals surface area contributed by atoms with Crippen molar-refractivity contribution in [3.63, 3.8) is 0 Å². The summed E-state index contributed by atoms with van der Waals surface area (Å²) < 4.78 is 48.6. The average Bonchev–Trinajstić information content (AvgIpc) is 2.89. The summed E-state index contributed by atoms with van der Waals surface area (Å²) in [5, 5.41) is 3.39. The molecule has 0 saturated heterocycles. The molecule has 10 heteroatoms. The number of benzene rings is 3. The van der Waals surface area contributed by atoms with Gasteiger partial charge in [-0.1, -0.05) is 35.9 Å². The fraction of sp³-hybridized carbons (Fsp3) is 0.259. The van der Waals surface area contributed by atoms with Gasteiger partial charge in [0.05, 0.1) is 18.2 Å². The largest absolute Gasteiger partial charge is 0.482 e. The summed E-state index contributed by atoms with van der Waals surface area (Å²) in [6.07, 6.45) is -4.07. The van der Waals surface area contributed by atoms with E-state index in [0.717, 1.165) is 17.7 Å². The number of carbonyl (C=O) groups excluding carboxylic acids is 2. The minimum absolute atomic E-state index is 0.227. The Labute approximate surface area is 217 Å². The molecule has 0 aliphatic rings. The number of amides is 1. The van der Waals surface area contributed by atoms with Crippen LogP contribution < -0.4 is 10.1 Å². The molecule has 0 atom stereocenters. The number of anilines is 1. The van der Waals surface area contributed by atoms with E-state index in [0.29, 0.717) is 34.0 Å². The van der Waals surface area contributed by atoms with Crippen LogP contribution in [0.3, 0.4) is 0 Å². The second-order valence-corrected chi connectivity index (χ2v) is 8.56. The number of carbonyl (C=O) groups is 2. The van der Waals surface area contributed by atoms with Crippen LogP contribution in [0.15, 0.2) is 66.7 Å². The lowest BCUT2D eigenvalue weighted by molar-refractivity contribution is -0.143. The summed E-state index contributed by atoms with van der Waals surface area (Å²) in [4.78, 5) is 26.5. The van der Waals surface area contributed by atoms with Gasteiger partial charge in [0, 0.05) is 30.8 Å². The van der Waals surface area contributed by atoms with Crippen LogP contribution in [-0.2, 0) is 28.7 Å². The Kier molecular flexibility index (Phi) is 9.41. The fourth-order valence-electron chi connectivity index (χ4n) is 3.57. The highest BCUT2D eigenvalue weighted by atomic mass is 35.5. The van der Waals surface area contributed by atoms with E-state index >= 15 is 0 Å². The zero-order valence-corrected chi connectivity index (χ0v) is 21.0. The Balaban J connectivity index is 1.80. The van der Waals surface area contributed by atoms with Crippen molar-refractivity contribution in [2.24, 2.45) is 0 Å². The van der Waals surface area contributed by atoms with Gasteiger partial charge >= 0.3 is 12.1 Å². The minimum Gasteiger partial charge on any atom is -0.482 e. The van der Waals surface area contributed by atoms with E-state index in [2.05, 4.69) is 10.1 Å². The summed E-state index contributed by atoms with van der Waals surface area (Å²) in [5.41, 5.74) is 1.70. The predicted octanol–water partition coefficient (Wildman–Crippen LogP) is 5.84. The molecule has 37 heavy (non-hydrogen) atoms. The fourth-order valence-corrected chi connectivity index (χ4v) is 3.74. The number of methoxy groups -OCH3 is 1. The number of alkyl halides is 3. The van der Waals surface area contributed by atoms with Crippen LogP contribution in [0.5, 0.6) is 5.75 Å². The smallest absolute Gasteiger partial charge is 0.416 e. The monoisotopic (exact) mass is 534 g/mol. The zero-order valence-electron chi connectivity index (χ0n) is 20.3. The SMILES string of the molecule is CNc1ccc(Cl)cc1C(=O)N(CCc1ccc(C(F)(F)F)cc1)Cc1ccc(OCC(=O)OC)cc1. The standard InChI is InChI=1S/C27H26ClF3N2O4/c1-32-24-12-9-21(28)15-23(24)26(35)33(14-13-18-3-7-20(8-4-18)27(29,30)31)16-19-5-10-22(11-6-19)37-17-25(34)36-2/h3-12,15,32H,13-14,16-17H2,1-2H3. The van der Waals surface area contributed by atoms with Gasteiger partial charge in [-0.2, -0.15) is 13.2 Å². The van der Waals surface area contributed by atoms with Gasteiger partial charge in [-0.25, -0.2) is 4.79 Å². The van der Waals surface area contributed by atoms with Crippen molar-refractivity contribution in [2.75, 3.05) is 32.6 Å². The van der Waals surface area contributed by atoms with Crippen LogP contribution in [-0.4, -0.2) is 44.1 Å². The first-order valence-electron chi connectivity index (χ1n) is 11.3. The Morgan fingerprint density at radius 3 is 2.22 bits per heavy atom. The van der Waals surface area contributed by atoms with Crippen LogP contribution in [0.1, 0.15) is 27.0 Å². The summed E-state index contributed by atoms with van der Waals surface area (Å²) in [6, 6.07) is 16.7. The van der Waals surface area contributed by atoms with E-state index in [1.807, 2.05) is 0 Å². The molecule has 1 amide bonds. The van der Waals surface area contributed by atoms with Crippen molar-refractivity contribution in [1.82, 2.24) is 4.90 Å². The predicted molar refractivity (Wildman–Crippen MR) is 135 cm³/mol. The third kappa shape index (κ3) is 7.88. The Hall–Kier alpha value is -3.72. The van der Waals surface area contributed by atoms with Gasteiger partial charge in [-0.15, -0.1) is 0 Å². The second-order valence-electron chi connectivity index (χ2n) is 8.12. The maximum absolute atomic E-state index is 13.6. The minimum atomic E-state index is -4.41. The molecule has 6 nitrogen and oxygen atoms in total. The maximum Gasteiger partial charge on any atom is 0.416 e. The maximum atomic E-state index is 13.6. The number of hydrogen-bond donors (Lipinski definition) is 1. The molecular formula is C27H26ClF3N2O4. The normalized spacial score (nSPS) is 11.1. The van der Waals surface area contributed by atoms with Crippen molar-refractivity contribution >= 4 is 29.2 Å². The van der Waals surface area contributed by atoms with E-state index in [-0.39, 0.29) is 25.6 Å². The molecule has 0 saturated carbocycles. The highest BCUT2D eigenvalue weighted by Gasteiger charge is 2.30. The molecule has 1 N–H and O–H groups in total. The lowest BCUT2D eigenvalue weighted by Crippen LogP contribution is -2.33. The van der Waals surface area contributed by atoms with Crippen molar-refractivity contribution in [3.8, 4) is 5.75 Å². The third-order valence-electron chi connectivity index (χ3n) is 5.60. The first-order valence-corrected chi connectivity index (χ1v) is 11.7. The van der Waals surface area contributed by atoms with Crippen LogP contribution in [0.2, 0.25) is 5.02 Å². The first kappa shape index (κ1) is 27.9. The Bertz CT molecular complexity index is 1220. The molecule has 0 heterocycles. The molecule has 0 aromatic heterocycles. The van der Waals surface area contributed by atoms with Crippen molar-refractivity contribution in [1.29, 1.82) is 0 Å². The van der Waals surface area contributed by atoms with Crippen LogP contribution in [0.25, 0.3) is 0 Å². The highest BCUT2D eigenvalue weighted by Crippen LogP contribution is 2.29.